The molecular formula is C13H17ClN4. The molecule has 2 aromatic heterocycles. The van der Waals surface area contributed by atoms with Crippen molar-refractivity contribution in [2.75, 3.05) is 26.2 Å². The third kappa shape index (κ3) is 2.23. The Kier molecular flexibility index (Phi) is 3.24. The van der Waals surface area contributed by atoms with Gasteiger partial charge in [-0.05, 0) is 19.1 Å². The lowest BCUT2D eigenvalue weighted by molar-refractivity contribution is 0.230. The fraction of sp³-hybridized carbons (Fsp3) is 0.462. The molecule has 18 heavy (non-hydrogen) atoms. The molecule has 0 amide bonds. The van der Waals surface area contributed by atoms with Gasteiger partial charge in [-0.2, -0.15) is 0 Å². The summed E-state index contributed by atoms with van der Waals surface area (Å²) in [6.45, 7) is 7.32. The zero-order valence-corrected chi connectivity index (χ0v) is 11.2. The average Bonchev–Trinajstić information content (AvgIpc) is 2.67. The van der Waals surface area contributed by atoms with E-state index >= 15 is 0 Å². The van der Waals surface area contributed by atoms with Crippen molar-refractivity contribution in [3.05, 3.63) is 34.7 Å². The molecule has 3 heterocycles. The number of aromatic nitrogens is 2. The summed E-state index contributed by atoms with van der Waals surface area (Å²) in [5.41, 5.74) is 3.31. The first kappa shape index (κ1) is 12.0. The lowest BCUT2D eigenvalue weighted by atomic mass is 10.3. The van der Waals surface area contributed by atoms with E-state index in [4.69, 9.17) is 11.6 Å². The topological polar surface area (TPSA) is 32.6 Å². The minimum Gasteiger partial charge on any atom is -0.314 e. The first-order valence-electron chi connectivity index (χ1n) is 6.30. The Morgan fingerprint density at radius 3 is 2.89 bits per heavy atom. The van der Waals surface area contributed by atoms with Gasteiger partial charge in [-0.25, -0.2) is 4.98 Å². The highest BCUT2D eigenvalue weighted by Crippen LogP contribution is 2.17. The van der Waals surface area contributed by atoms with E-state index in [2.05, 4.69) is 26.5 Å². The molecule has 1 aliphatic heterocycles. The van der Waals surface area contributed by atoms with Gasteiger partial charge in [-0.15, -0.1) is 0 Å². The summed E-state index contributed by atoms with van der Waals surface area (Å²) in [5.74, 6) is 0. The van der Waals surface area contributed by atoms with Gasteiger partial charge < -0.3 is 9.72 Å². The lowest BCUT2D eigenvalue weighted by Crippen LogP contribution is -2.43. The second kappa shape index (κ2) is 4.88. The molecule has 0 spiro atoms. The van der Waals surface area contributed by atoms with E-state index in [1.807, 2.05) is 18.3 Å². The highest BCUT2D eigenvalue weighted by atomic mass is 35.5. The van der Waals surface area contributed by atoms with Crippen LogP contribution in [0, 0.1) is 6.92 Å². The van der Waals surface area contributed by atoms with Crippen molar-refractivity contribution in [3.8, 4) is 0 Å². The highest BCUT2D eigenvalue weighted by molar-refractivity contribution is 6.30. The van der Waals surface area contributed by atoms with Crippen molar-refractivity contribution in [3.63, 3.8) is 0 Å². The molecule has 1 fully saturated rings. The Morgan fingerprint density at radius 1 is 1.33 bits per heavy atom. The second-order valence-electron chi connectivity index (χ2n) is 4.75. The first-order chi connectivity index (χ1) is 8.74. The quantitative estimate of drug-likeness (QED) is 0.896. The number of imidazole rings is 1. The fourth-order valence-corrected chi connectivity index (χ4v) is 2.62. The van der Waals surface area contributed by atoms with Crippen LogP contribution in [0.15, 0.2) is 18.3 Å². The van der Waals surface area contributed by atoms with Gasteiger partial charge in [-0.1, -0.05) is 11.6 Å². The van der Waals surface area contributed by atoms with Crippen LogP contribution in [-0.4, -0.2) is 40.5 Å². The molecule has 0 bridgehead atoms. The van der Waals surface area contributed by atoms with Gasteiger partial charge in [0, 0.05) is 38.9 Å². The summed E-state index contributed by atoms with van der Waals surface area (Å²) in [5, 5.41) is 4.12. The maximum Gasteiger partial charge on any atom is 0.137 e. The van der Waals surface area contributed by atoms with Crippen molar-refractivity contribution in [1.82, 2.24) is 19.6 Å². The molecule has 0 atom stereocenters. The maximum absolute atomic E-state index is 6.07. The molecule has 0 saturated carbocycles. The van der Waals surface area contributed by atoms with E-state index in [0.717, 1.165) is 49.1 Å². The van der Waals surface area contributed by atoms with Crippen molar-refractivity contribution in [2.45, 2.75) is 13.5 Å². The summed E-state index contributed by atoms with van der Waals surface area (Å²) in [6, 6.07) is 3.86. The largest absolute Gasteiger partial charge is 0.314 e. The normalized spacial score (nSPS) is 17.4. The number of nitrogens with zero attached hydrogens (tertiary/aromatic N) is 3. The van der Waals surface area contributed by atoms with Gasteiger partial charge in [0.2, 0.25) is 0 Å². The van der Waals surface area contributed by atoms with E-state index in [1.54, 1.807) is 0 Å². The van der Waals surface area contributed by atoms with Crippen molar-refractivity contribution in [1.29, 1.82) is 0 Å². The minimum atomic E-state index is 0.751. The number of aryl methyl sites for hydroxylation is 1. The smallest absolute Gasteiger partial charge is 0.137 e. The van der Waals surface area contributed by atoms with Crippen LogP contribution in [0.2, 0.25) is 5.02 Å². The Balaban J connectivity index is 1.94. The summed E-state index contributed by atoms with van der Waals surface area (Å²) < 4.78 is 2.11. The van der Waals surface area contributed by atoms with E-state index in [9.17, 15) is 0 Å². The summed E-state index contributed by atoms with van der Waals surface area (Å²) >= 11 is 6.07. The van der Waals surface area contributed by atoms with Crippen LogP contribution in [0.3, 0.4) is 0 Å². The fourth-order valence-electron chi connectivity index (χ4n) is 2.46. The Labute approximate surface area is 112 Å². The number of fused-ring (bicyclic) bond motifs is 1. The molecule has 96 valence electrons. The van der Waals surface area contributed by atoms with Gasteiger partial charge in [0.1, 0.15) is 5.65 Å². The van der Waals surface area contributed by atoms with E-state index in [-0.39, 0.29) is 0 Å². The molecule has 0 unspecified atom stereocenters. The van der Waals surface area contributed by atoms with Gasteiger partial charge >= 0.3 is 0 Å². The Hall–Kier alpha value is -1.10. The monoisotopic (exact) mass is 264 g/mol. The summed E-state index contributed by atoms with van der Waals surface area (Å²) in [4.78, 5) is 7.03. The van der Waals surface area contributed by atoms with Gasteiger partial charge in [-0.3, -0.25) is 4.90 Å². The number of piperazine rings is 1. The molecule has 1 N–H and O–H groups in total. The summed E-state index contributed by atoms with van der Waals surface area (Å²) in [7, 11) is 0. The molecule has 3 rings (SSSR count). The van der Waals surface area contributed by atoms with Crippen LogP contribution < -0.4 is 5.32 Å². The Morgan fingerprint density at radius 2 is 2.11 bits per heavy atom. The van der Waals surface area contributed by atoms with Crippen molar-refractivity contribution < 1.29 is 0 Å². The number of pyridine rings is 1. The van der Waals surface area contributed by atoms with Gasteiger partial charge in [0.15, 0.2) is 0 Å². The van der Waals surface area contributed by atoms with Crippen molar-refractivity contribution >= 4 is 17.2 Å². The van der Waals surface area contributed by atoms with E-state index < -0.39 is 0 Å². The predicted molar refractivity (Wildman–Crippen MR) is 73.1 cm³/mol. The molecule has 0 radical (unpaired) electrons. The standard InChI is InChI=1S/C13H17ClN4/c1-10-12(9-17-6-4-15-5-7-17)18-8-11(14)2-3-13(18)16-10/h2-3,8,15H,4-7,9H2,1H3. The third-order valence-corrected chi connectivity index (χ3v) is 3.69. The number of rotatable bonds is 2. The van der Waals surface area contributed by atoms with E-state index in [1.165, 1.54) is 5.69 Å². The SMILES string of the molecule is Cc1nc2ccc(Cl)cn2c1CN1CCNCC1. The molecule has 0 aliphatic carbocycles. The summed E-state index contributed by atoms with van der Waals surface area (Å²) in [6.07, 6.45) is 1.95. The van der Waals surface area contributed by atoms with Crippen molar-refractivity contribution in [2.24, 2.45) is 0 Å². The minimum absolute atomic E-state index is 0.751. The van der Waals surface area contributed by atoms with Crippen LogP contribution >= 0.6 is 11.6 Å². The van der Waals surface area contributed by atoms with Crippen LogP contribution in [0.4, 0.5) is 0 Å². The lowest BCUT2D eigenvalue weighted by Gasteiger charge is -2.27. The number of halogens is 1. The molecule has 5 heteroatoms. The first-order valence-corrected chi connectivity index (χ1v) is 6.68. The van der Waals surface area contributed by atoms with Crippen LogP contribution in [0.5, 0.6) is 0 Å². The number of hydrogen-bond donors (Lipinski definition) is 1. The zero-order chi connectivity index (χ0) is 12.5. The van der Waals surface area contributed by atoms with Crippen LogP contribution in [-0.2, 0) is 6.54 Å². The van der Waals surface area contributed by atoms with Gasteiger partial charge in [0.25, 0.3) is 0 Å². The molecule has 2 aromatic rings. The molecule has 0 aromatic carbocycles. The molecule has 1 aliphatic rings. The molecular weight excluding hydrogens is 248 g/mol. The Bertz CT molecular complexity index is 557. The van der Waals surface area contributed by atoms with Crippen LogP contribution in [0.25, 0.3) is 5.65 Å². The number of nitrogens with one attached hydrogen (secondary N) is 1. The zero-order valence-electron chi connectivity index (χ0n) is 10.5. The predicted octanol–water partition coefficient (Wildman–Crippen LogP) is 1.70. The molecule has 1 saturated heterocycles. The van der Waals surface area contributed by atoms with Crippen LogP contribution in [0.1, 0.15) is 11.4 Å². The maximum atomic E-state index is 6.07. The van der Waals surface area contributed by atoms with Gasteiger partial charge in [0.05, 0.1) is 16.4 Å². The molecule has 4 nitrogen and oxygen atoms in total. The number of hydrogen-bond acceptors (Lipinski definition) is 3. The third-order valence-electron chi connectivity index (χ3n) is 3.46. The average molecular weight is 265 g/mol. The van der Waals surface area contributed by atoms with E-state index in [0.29, 0.717) is 0 Å². The highest BCUT2D eigenvalue weighted by Gasteiger charge is 2.15. The second-order valence-corrected chi connectivity index (χ2v) is 5.18.